The van der Waals surface area contributed by atoms with Gasteiger partial charge in [-0.3, -0.25) is 9.89 Å². The quantitative estimate of drug-likeness (QED) is 0.496. The van der Waals surface area contributed by atoms with Gasteiger partial charge in [-0.1, -0.05) is 51.1 Å². The number of H-pyrrole nitrogens is 1. The molecule has 0 aliphatic heterocycles. The Morgan fingerprint density at radius 1 is 1.18 bits per heavy atom. The number of nitrogens with two attached hydrogens (primary N) is 1. The molecule has 0 fully saturated rings. The summed E-state index contributed by atoms with van der Waals surface area (Å²) in [7, 11) is 0. The molecule has 4 N–H and O–H groups in total. The molecule has 1 aromatic heterocycles. The number of aromatic amines is 1. The number of carbonyl (C=O) groups is 1. The maximum atomic E-state index is 11.3. The normalized spacial score (nSPS) is 12.7. The Bertz CT molecular complexity index is 1030. The van der Waals surface area contributed by atoms with Gasteiger partial charge in [0.15, 0.2) is 0 Å². The number of rotatable bonds is 5. The van der Waals surface area contributed by atoms with Crippen molar-refractivity contribution in [3.8, 4) is 22.5 Å². The number of carbonyl (C=O) groups excluding carboxylic acids is 1. The molecule has 0 atom stereocenters. The van der Waals surface area contributed by atoms with Crippen LogP contribution in [0.5, 0.6) is 0 Å². The van der Waals surface area contributed by atoms with Gasteiger partial charge in [-0.15, -0.1) is 0 Å². The highest BCUT2D eigenvalue weighted by molar-refractivity contribution is 5.93. The van der Waals surface area contributed by atoms with Gasteiger partial charge in [-0.05, 0) is 28.7 Å². The van der Waals surface area contributed by atoms with E-state index in [0.29, 0.717) is 5.56 Å². The van der Waals surface area contributed by atoms with Crippen LogP contribution in [0.15, 0.2) is 42.5 Å². The van der Waals surface area contributed by atoms with Gasteiger partial charge >= 0.3 is 0 Å². The van der Waals surface area contributed by atoms with Crippen molar-refractivity contribution in [1.29, 1.82) is 0 Å². The number of aromatic nitrogens is 2. The Labute approximate surface area is 165 Å². The van der Waals surface area contributed by atoms with Crippen molar-refractivity contribution in [2.45, 2.75) is 33.7 Å². The summed E-state index contributed by atoms with van der Waals surface area (Å²) in [6.07, 6.45) is 0.862. The van der Waals surface area contributed by atoms with E-state index in [1.54, 1.807) is 12.1 Å². The fourth-order valence-electron chi connectivity index (χ4n) is 3.71. The lowest BCUT2D eigenvalue weighted by Crippen LogP contribution is -2.26. The summed E-state index contributed by atoms with van der Waals surface area (Å²) in [6.45, 7) is 8.57. The average molecular weight is 374 g/mol. The molecule has 4 rings (SSSR count). The largest absolute Gasteiger partial charge is 0.366 e. The number of hydrogen-bond acceptors (Lipinski definition) is 3. The first-order valence-corrected chi connectivity index (χ1v) is 9.62. The minimum atomic E-state index is -0.418. The van der Waals surface area contributed by atoms with E-state index in [4.69, 9.17) is 5.73 Å². The Kier molecular flexibility index (Phi) is 4.55. The van der Waals surface area contributed by atoms with Crippen LogP contribution in [0.1, 0.15) is 47.8 Å². The summed E-state index contributed by atoms with van der Waals surface area (Å²) in [5.41, 5.74) is 14.2. The first kappa shape index (κ1) is 18.4. The van der Waals surface area contributed by atoms with Gasteiger partial charge in [-0.2, -0.15) is 5.10 Å². The second kappa shape index (κ2) is 6.91. The molecule has 144 valence electrons. The molecular weight excluding hydrogens is 348 g/mol. The van der Waals surface area contributed by atoms with Crippen LogP contribution in [0.2, 0.25) is 0 Å². The first-order valence-electron chi connectivity index (χ1n) is 9.62. The van der Waals surface area contributed by atoms with Gasteiger partial charge in [0.25, 0.3) is 0 Å². The highest BCUT2D eigenvalue weighted by atomic mass is 16.1. The molecule has 5 heteroatoms. The van der Waals surface area contributed by atoms with Crippen LogP contribution in [0, 0.1) is 5.41 Å². The average Bonchev–Trinajstić information content (AvgIpc) is 3.19. The van der Waals surface area contributed by atoms with Gasteiger partial charge in [0.05, 0.1) is 11.4 Å². The van der Waals surface area contributed by atoms with Crippen LogP contribution in [-0.4, -0.2) is 22.6 Å². The summed E-state index contributed by atoms with van der Waals surface area (Å²) in [5, 5.41) is 11.3. The van der Waals surface area contributed by atoms with E-state index >= 15 is 0 Å². The van der Waals surface area contributed by atoms with E-state index in [2.05, 4.69) is 54.5 Å². The number of fused-ring (bicyclic) bond motifs is 3. The maximum absolute atomic E-state index is 11.3. The predicted molar refractivity (Wildman–Crippen MR) is 112 cm³/mol. The Balaban J connectivity index is 1.55. The summed E-state index contributed by atoms with van der Waals surface area (Å²) in [4.78, 5) is 11.3. The van der Waals surface area contributed by atoms with Crippen molar-refractivity contribution in [2.75, 3.05) is 6.54 Å². The molecule has 1 aliphatic carbocycles. The number of benzene rings is 2. The standard InChI is InChI=1S/C23H26N4O/c1-23(2,3)13-25-12-14-4-9-18-17(10-14)11-19-20(26-27-21(18)19)15-5-7-16(8-6-15)22(24)28/h4-10,25H,11-13H2,1-3H3,(H2,24,28)(H,26,27). The van der Waals surface area contributed by atoms with Gasteiger partial charge in [0.1, 0.15) is 0 Å². The number of primary amides is 1. The third kappa shape index (κ3) is 3.58. The molecular formula is C23H26N4O. The van der Waals surface area contributed by atoms with E-state index < -0.39 is 5.91 Å². The molecule has 1 amide bonds. The number of nitrogens with zero attached hydrogens (tertiary/aromatic N) is 1. The lowest BCUT2D eigenvalue weighted by atomic mass is 9.97. The minimum Gasteiger partial charge on any atom is -0.366 e. The van der Waals surface area contributed by atoms with Gasteiger partial charge in [0.2, 0.25) is 5.91 Å². The molecule has 0 saturated heterocycles. The van der Waals surface area contributed by atoms with E-state index in [9.17, 15) is 4.79 Å². The summed E-state index contributed by atoms with van der Waals surface area (Å²) < 4.78 is 0. The van der Waals surface area contributed by atoms with Crippen molar-refractivity contribution in [3.63, 3.8) is 0 Å². The van der Waals surface area contributed by atoms with Gasteiger partial charge in [-0.25, -0.2) is 0 Å². The zero-order valence-electron chi connectivity index (χ0n) is 16.6. The summed E-state index contributed by atoms with van der Waals surface area (Å²) in [6, 6.07) is 14.0. The maximum Gasteiger partial charge on any atom is 0.248 e. The number of hydrogen-bond donors (Lipinski definition) is 3. The molecule has 5 nitrogen and oxygen atoms in total. The van der Waals surface area contributed by atoms with E-state index in [-0.39, 0.29) is 5.41 Å². The fourth-order valence-corrected chi connectivity index (χ4v) is 3.71. The van der Waals surface area contributed by atoms with Gasteiger partial charge in [0, 0.05) is 41.8 Å². The van der Waals surface area contributed by atoms with Crippen LogP contribution in [-0.2, 0) is 13.0 Å². The summed E-state index contributed by atoms with van der Waals surface area (Å²) in [5.74, 6) is -0.418. The minimum absolute atomic E-state index is 0.277. The molecule has 2 aromatic carbocycles. The van der Waals surface area contributed by atoms with Crippen molar-refractivity contribution in [3.05, 3.63) is 64.7 Å². The molecule has 3 aromatic rings. The molecule has 28 heavy (non-hydrogen) atoms. The molecule has 1 aliphatic rings. The van der Waals surface area contributed by atoms with E-state index in [0.717, 1.165) is 36.5 Å². The van der Waals surface area contributed by atoms with E-state index in [1.165, 1.54) is 22.3 Å². The monoisotopic (exact) mass is 374 g/mol. The van der Waals surface area contributed by atoms with Crippen LogP contribution in [0.3, 0.4) is 0 Å². The van der Waals surface area contributed by atoms with Crippen LogP contribution in [0.4, 0.5) is 0 Å². The fraction of sp³-hybridized carbons (Fsp3) is 0.304. The first-order chi connectivity index (χ1) is 13.3. The Hall–Kier alpha value is -2.92. The molecule has 0 bridgehead atoms. The lowest BCUT2D eigenvalue weighted by molar-refractivity contribution is 0.100. The predicted octanol–water partition coefficient (Wildman–Crippen LogP) is 3.88. The highest BCUT2D eigenvalue weighted by Crippen LogP contribution is 2.40. The Morgan fingerprint density at radius 3 is 2.61 bits per heavy atom. The smallest absolute Gasteiger partial charge is 0.248 e. The van der Waals surface area contributed by atoms with Crippen molar-refractivity contribution >= 4 is 5.91 Å². The van der Waals surface area contributed by atoms with Crippen molar-refractivity contribution in [1.82, 2.24) is 15.5 Å². The lowest BCUT2D eigenvalue weighted by Gasteiger charge is -2.19. The third-order valence-corrected chi connectivity index (χ3v) is 5.10. The van der Waals surface area contributed by atoms with Crippen molar-refractivity contribution in [2.24, 2.45) is 11.1 Å². The zero-order chi connectivity index (χ0) is 19.9. The number of amides is 1. The van der Waals surface area contributed by atoms with Crippen molar-refractivity contribution < 1.29 is 4.79 Å². The van der Waals surface area contributed by atoms with Crippen LogP contribution >= 0.6 is 0 Å². The zero-order valence-corrected chi connectivity index (χ0v) is 16.6. The molecule has 0 spiro atoms. The number of nitrogens with one attached hydrogen (secondary N) is 2. The second-order valence-electron chi connectivity index (χ2n) is 8.70. The van der Waals surface area contributed by atoms with E-state index in [1.807, 2.05) is 12.1 Å². The highest BCUT2D eigenvalue weighted by Gasteiger charge is 2.25. The van der Waals surface area contributed by atoms with Crippen LogP contribution < -0.4 is 11.1 Å². The Morgan fingerprint density at radius 2 is 1.93 bits per heavy atom. The van der Waals surface area contributed by atoms with Gasteiger partial charge < -0.3 is 11.1 Å². The summed E-state index contributed by atoms with van der Waals surface area (Å²) >= 11 is 0. The topological polar surface area (TPSA) is 83.8 Å². The van der Waals surface area contributed by atoms with Crippen LogP contribution in [0.25, 0.3) is 22.5 Å². The SMILES string of the molecule is CC(C)(C)CNCc1ccc2c(c1)Cc1c(-c3ccc(C(N)=O)cc3)n[nH]c1-2. The third-order valence-electron chi connectivity index (χ3n) is 5.10. The molecule has 0 unspecified atom stereocenters. The second-order valence-corrected chi connectivity index (χ2v) is 8.70. The molecule has 0 radical (unpaired) electrons. The molecule has 0 saturated carbocycles. The molecule has 1 heterocycles.